The highest BCUT2D eigenvalue weighted by Gasteiger charge is 2.69. The van der Waals surface area contributed by atoms with Gasteiger partial charge in [-0.2, -0.15) is 0 Å². The zero-order valence-corrected chi connectivity index (χ0v) is 67.2. The number of rotatable bonds is 24. The van der Waals surface area contributed by atoms with Crippen molar-refractivity contribution in [3.8, 4) is 46.0 Å². The molecule has 24 nitrogen and oxygen atoms in total. The molecule has 4 saturated carbocycles. The third-order valence-electron chi connectivity index (χ3n) is 26.4. The lowest BCUT2D eigenvalue weighted by atomic mass is 9.66. The van der Waals surface area contributed by atoms with Crippen LogP contribution in [-0.2, 0) is 0 Å². The SMILES string of the molecule is COc1ccc(NC2C(Nc3ccc(OC)cc3)C(Nc3ccc(OC)cc3)C3C4NC(NC5NC(NC6NC(NC7NC(N4)C4C(Nc8ccc(OC)cc8)C(Nc8ccc(OC)cc8)C(Nc8ccc(OC)cc8)C(Nc8ccc(OC)cc8)C74)C4C(F)C(F)C(F)C(F)C64)C4C(F)C(F)C(F)C(F)C54)C3C2Nc2ccc(OC)cc2)cc1. The van der Waals surface area contributed by atoms with Crippen LogP contribution in [0, 0.1) is 47.3 Å². The van der Waals surface area contributed by atoms with Gasteiger partial charge in [-0.15, -0.1) is 0 Å². The number of hydrogen-bond donors (Lipinski definition) is 16. The fourth-order valence-electron chi connectivity index (χ4n) is 20.8. The van der Waals surface area contributed by atoms with E-state index in [4.69, 9.17) is 37.9 Å². The molecule has 120 heavy (non-hydrogen) atoms. The van der Waals surface area contributed by atoms with Crippen molar-refractivity contribution in [3.63, 3.8) is 0 Å². The van der Waals surface area contributed by atoms with Gasteiger partial charge in [0.2, 0.25) is 0 Å². The minimum absolute atomic E-state index is 0.577. The molecule has 9 fully saturated rings. The normalized spacial score (nSPS) is 36.4. The first-order valence-electron chi connectivity index (χ1n) is 40.8. The minimum atomic E-state index is -2.97. The zero-order chi connectivity index (χ0) is 83.3. The van der Waals surface area contributed by atoms with Crippen LogP contribution >= 0.6 is 0 Å². The predicted molar refractivity (Wildman–Crippen MR) is 446 cm³/mol. The number of benzene rings is 8. The average Bonchev–Trinajstić information content (AvgIpc) is 1.54. The molecule has 5 heterocycles. The topological polar surface area (TPSA) is 266 Å². The van der Waals surface area contributed by atoms with Crippen molar-refractivity contribution in [2.24, 2.45) is 47.3 Å². The Hall–Kier alpha value is -10.3. The molecule has 17 rings (SSSR count). The molecule has 640 valence electrons. The van der Waals surface area contributed by atoms with Gasteiger partial charge >= 0.3 is 0 Å². The Balaban J connectivity index is 0.917. The number of fused-ring (bicyclic) bond motifs is 20. The largest absolute Gasteiger partial charge is 0.497 e. The highest BCUT2D eigenvalue weighted by atomic mass is 19.2. The Kier molecular flexibility index (Phi) is 23.9. The van der Waals surface area contributed by atoms with E-state index in [0.717, 1.165) is 0 Å². The van der Waals surface area contributed by atoms with Gasteiger partial charge in [0.15, 0.2) is 24.7 Å². The molecule has 4 aliphatic carbocycles. The molecular weight excluding hydrogens is 1560 g/mol. The van der Waals surface area contributed by atoms with E-state index in [1.54, 1.807) is 56.9 Å². The summed E-state index contributed by atoms with van der Waals surface area (Å²) in [4.78, 5) is 0. The quantitative estimate of drug-likeness (QED) is 0.0251. The van der Waals surface area contributed by atoms with Crippen molar-refractivity contribution in [1.29, 1.82) is 0 Å². The van der Waals surface area contributed by atoms with Gasteiger partial charge in [0.05, 0.1) is 155 Å². The van der Waals surface area contributed by atoms with E-state index in [1.807, 2.05) is 194 Å². The number of halogens is 8. The van der Waals surface area contributed by atoms with Gasteiger partial charge in [-0.05, 0) is 194 Å². The molecule has 0 aromatic heterocycles. The zero-order valence-electron chi connectivity index (χ0n) is 67.2. The maximum atomic E-state index is 17.9. The van der Waals surface area contributed by atoms with Crippen molar-refractivity contribution in [3.05, 3.63) is 194 Å². The summed E-state index contributed by atoms with van der Waals surface area (Å²) in [6.07, 6.45) is -32.6. The predicted octanol–water partition coefficient (Wildman–Crippen LogP) is 11.0. The van der Waals surface area contributed by atoms with Crippen LogP contribution in [0.1, 0.15) is 0 Å². The summed E-state index contributed by atoms with van der Waals surface area (Å²) >= 11 is 0. The van der Waals surface area contributed by atoms with Crippen LogP contribution in [0.15, 0.2) is 194 Å². The number of ether oxygens (including phenoxy) is 8. The molecule has 9 aliphatic rings. The van der Waals surface area contributed by atoms with Crippen LogP contribution in [0.2, 0.25) is 0 Å². The molecule has 8 aromatic rings. The highest BCUT2D eigenvalue weighted by Crippen LogP contribution is 2.53. The Bertz CT molecular complexity index is 4410. The number of methoxy groups -OCH3 is 8. The number of anilines is 8. The van der Waals surface area contributed by atoms with Crippen molar-refractivity contribution in [2.45, 2.75) is 147 Å². The van der Waals surface area contributed by atoms with Crippen LogP contribution in [0.5, 0.6) is 46.0 Å². The maximum Gasteiger partial charge on any atom is 0.165 e. The monoisotopic (exact) mass is 1660 g/mol. The van der Waals surface area contributed by atoms with E-state index in [9.17, 15) is 0 Å². The van der Waals surface area contributed by atoms with Crippen molar-refractivity contribution < 1.29 is 73.0 Å². The second kappa shape index (κ2) is 35.0. The minimum Gasteiger partial charge on any atom is -0.497 e. The Morgan fingerprint density at radius 3 is 0.408 bits per heavy atom. The van der Waals surface area contributed by atoms with Crippen molar-refractivity contribution in [1.82, 2.24) is 42.5 Å². The molecular formula is C88H104F8N16O8. The van der Waals surface area contributed by atoms with E-state index < -0.39 is 194 Å². The van der Waals surface area contributed by atoms with Crippen molar-refractivity contribution >= 4 is 45.5 Å². The summed E-state index contributed by atoms with van der Waals surface area (Å²) in [7, 11) is 12.7. The molecule has 32 unspecified atom stereocenters. The first kappa shape index (κ1) is 82.0. The van der Waals surface area contributed by atoms with Crippen molar-refractivity contribution in [2.75, 3.05) is 99.4 Å². The summed E-state index contributed by atoms with van der Waals surface area (Å²) in [6.45, 7) is 0. The third kappa shape index (κ3) is 15.9. The molecule has 32 heteroatoms. The summed E-state index contributed by atoms with van der Waals surface area (Å²) < 4.78 is 184. The first-order valence-corrected chi connectivity index (χ1v) is 40.8. The lowest BCUT2D eigenvalue weighted by Crippen LogP contribution is -2.71. The van der Waals surface area contributed by atoms with Crippen LogP contribution in [0.4, 0.5) is 80.6 Å². The Labute approximate surface area is 691 Å². The van der Waals surface area contributed by atoms with Crippen LogP contribution in [0.25, 0.3) is 0 Å². The van der Waals surface area contributed by atoms with Gasteiger partial charge in [0.1, 0.15) is 70.7 Å². The van der Waals surface area contributed by atoms with Crippen LogP contribution in [0.3, 0.4) is 0 Å². The second-order valence-electron chi connectivity index (χ2n) is 32.5. The molecule has 0 radical (unpaired) electrons. The Morgan fingerprint density at radius 2 is 0.283 bits per heavy atom. The van der Waals surface area contributed by atoms with Gasteiger partial charge in [-0.1, -0.05) is 0 Å². The van der Waals surface area contributed by atoms with Gasteiger partial charge < -0.3 is 80.4 Å². The maximum absolute atomic E-state index is 17.9. The second-order valence-corrected chi connectivity index (χ2v) is 32.5. The van der Waals surface area contributed by atoms with Gasteiger partial charge in [-0.25, -0.2) is 35.1 Å². The molecule has 0 amide bonds. The number of hydrogen-bond acceptors (Lipinski definition) is 24. The number of nitrogens with one attached hydrogen (secondary N) is 16. The van der Waals surface area contributed by atoms with Gasteiger partial charge in [-0.3, -0.25) is 42.5 Å². The molecule has 5 saturated heterocycles. The fourth-order valence-corrected chi connectivity index (χ4v) is 20.8. The van der Waals surface area contributed by atoms with E-state index in [0.29, 0.717) is 91.5 Å². The van der Waals surface area contributed by atoms with E-state index in [-0.39, 0.29) is 0 Å². The highest BCUT2D eigenvalue weighted by molar-refractivity contribution is 5.61. The molecule has 5 aliphatic heterocycles. The standard InChI is InChI=1S/C88H104F8N16O8/c1-113-49-25-9-41(10-26-49)97-73-61-63(75(99-43-13-29-51(115-3)30-14-43)79(103-47-21-37-55(119-7)38-22-47)77(73)101-45-17-33-53(117-5)34-18-45)87-110-85(61)108-83-59-57(65(89)69(93)71(95)67(59)91)81(106-83)105-82-58-60(68(92)72(96)70(94)66(58)90)84(107-82)109-86-62-64(88(111-86)112-87)76(100-44-15-31-52(116-4)32-16-44)80(104-48-23-39-56(120-8)40-24-48)78(102-46-19-35-54(118-6)36-20-46)74(62)98-42-11-27-50(114-2)28-12-42/h9-40,57-88,97-112H,1-8H3. The van der Waals surface area contributed by atoms with Gasteiger partial charge in [0.25, 0.3) is 0 Å². The molecule has 32 atom stereocenters. The van der Waals surface area contributed by atoms with E-state index in [1.165, 1.54) is 0 Å². The average molecular weight is 1670 g/mol. The third-order valence-corrected chi connectivity index (χ3v) is 26.4. The molecule has 16 N–H and O–H groups in total. The molecule has 8 bridgehead atoms. The van der Waals surface area contributed by atoms with Crippen LogP contribution < -0.4 is 123 Å². The summed E-state index contributed by atoms with van der Waals surface area (Å²) in [6, 6.07) is 54.4. The van der Waals surface area contributed by atoms with E-state index >= 15 is 35.1 Å². The number of alkyl halides is 8. The smallest absolute Gasteiger partial charge is 0.165 e. The van der Waals surface area contributed by atoms with E-state index in [2.05, 4.69) is 85.1 Å². The summed E-state index contributed by atoms with van der Waals surface area (Å²) in [5, 5.41) is 62.3. The lowest BCUT2D eigenvalue weighted by molar-refractivity contribution is -0.0871. The Morgan fingerprint density at radius 1 is 0.167 bits per heavy atom. The molecule has 0 spiro atoms. The van der Waals surface area contributed by atoms with Crippen LogP contribution in [-0.4, -0.2) is 204 Å². The summed E-state index contributed by atoms with van der Waals surface area (Å²) in [5.74, 6) is -5.20. The first-order chi connectivity index (χ1) is 58.3. The summed E-state index contributed by atoms with van der Waals surface area (Å²) in [5.41, 5.74) is 5.43. The van der Waals surface area contributed by atoms with Gasteiger partial charge in [0, 0.05) is 92.8 Å². The fraction of sp³-hybridized carbons (Fsp3) is 0.455. The lowest BCUT2D eigenvalue weighted by Gasteiger charge is -2.54. The molecule has 8 aromatic carbocycles.